The SMILES string of the molecule is NCc1coc(-c2ccc(Cl)c([N+](=O)[O-])c2)n1. The van der Waals surface area contributed by atoms with Crippen molar-refractivity contribution in [2.75, 3.05) is 0 Å². The molecule has 1 aromatic carbocycles. The van der Waals surface area contributed by atoms with E-state index in [-0.39, 0.29) is 23.1 Å². The van der Waals surface area contributed by atoms with Crippen LogP contribution in [-0.4, -0.2) is 9.91 Å². The van der Waals surface area contributed by atoms with E-state index < -0.39 is 4.92 Å². The third kappa shape index (κ3) is 2.27. The van der Waals surface area contributed by atoms with Crippen LogP contribution in [0.3, 0.4) is 0 Å². The quantitative estimate of drug-likeness (QED) is 0.669. The van der Waals surface area contributed by atoms with E-state index in [9.17, 15) is 10.1 Å². The Kier molecular flexibility index (Phi) is 3.08. The maximum absolute atomic E-state index is 10.7. The molecular weight excluding hydrogens is 246 g/mol. The maximum atomic E-state index is 10.7. The first-order valence-corrected chi connectivity index (χ1v) is 5.08. The summed E-state index contributed by atoms with van der Waals surface area (Å²) in [4.78, 5) is 14.2. The standard InChI is InChI=1S/C10H8ClN3O3/c11-8-2-1-6(3-9(8)14(15)16)10-13-7(4-12)5-17-10/h1-3,5H,4,12H2. The number of aromatic nitrogens is 1. The Bertz CT molecular complexity index is 568. The Hall–Kier alpha value is -1.92. The number of nitrogens with zero attached hydrogens (tertiary/aromatic N) is 2. The van der Waals surface area contributed by atoms with Gasteiger partial charge in [-0.15, -0.1) is 0 Å². The second kappa shape index (κ2) is 4.52. The van der Waals surface area contributed by atoms with E-state index in [0.29, 0.717) is 11.3 Å². The molecule has 2 N–H and O–H groups in total. The molecule has 1 heterocycles. The second-order valence-electron chi connectivity index (χ2n) is 3.27. The van der Waals surface area contributed by atoms with Crippen LogP contribution in [0.15, 0.2) is 28.9 Å². The van der Waals surface area contributed by atoms with Crippen molar-refractivity contribution in [1.82, 2.24) is 4.98 Å². The molecule has 2 rings (SSSR count). The number of nitrogens with two attached hydrogens (primary N) is 1. The first kappa shape index (κ1) is 11.6. The molecule has 0 bridgehead atoms. The molecule has 0 fully saturated rings. The summed E-state index contributed by atoms with van der Waals surface area (Å²) in [6, 6.07) is 4.34. The molecule has 0 saturated carbocycles. The molecule has 2 aromatic rings. The number of hydrogen-bond donors (Lipinski definition) is 1. The molecule has 0 aliphatic carbocycles. The first-order valence-electron chi connectivity index (χ1n) is 4.70. The van der Waals surface area contributed by atoms with Gasteiger partial charge >= 0.3 is 0 Å². The van der Waals surface area contributed by atoms with Crippen molar-refractivity contribution in [3.63, 3.8) is 0 Å². The molecule has 0 amide bonds. The fraction of sp³-hybridized carbons (Fsp3) is 0.100. The Morgan fingerprint density at radius 1 is 1.53 bits per heavy atom. The lowest BCUT2D eigenvalue weighted by Gasteiger charge is -1.97. The summed E-state index contributed by atoms with van der Waals surface area (Å²) in [6.07, 6.45) is 1.41. The van der Waals surface area contributed by atoms with Crippen LogP contribution in [-0.2, 0) is 6.54 Å². The van der Waals surface area contributed by atoms with Crippen LogP contribution in [0.1, 0.15) is 5.69 Å². The van der Waals surface area contributed by atoms with E-state index in [2.05, 4.69) is 4.98 Å². The van der Waals surface area contributed by atoms with Gasteiger partial charge in [-0.25, -0.2) is 4.98 Å². The van der Waals surface area contributed by atoms with Gasteiger partial charge in [0, 0.05) is 18.2 Å². The number of rotatable bonds is 3. The molecule has 0 spiro atoms. The van der Waals surface area contributed by atoms with Crippen molar-refractivity contribution in [1.29, 1.82) is 0 Å². The molecule has 0 saturated heterocycles. The highest BCUT2D eigenvalue weighted by Crippen LogP contribution is 2.29. The largest absolute Gasteiger partial charge is 0.444 e. The number of benzene rings is 1. The van der Waals surface area contributed by atoms with Gasteiger partial charge in [-0.3, -0.25) is 10.1 Å². The van der Waals surface area contributed by atoms with Crippen molar-refractivity contribution >= 4 is 17.3 Å². The van der Waals surface area contributed by atoms with E-state index in [1.54, 1.807) is 6.07 Å². The number of oxazole rings is 1. The van der Waals surface area contributed by atoms with E-state index in [1.165, 1.54) is 18.4 Å². The van der Waals surface area contributed by atoms with Gasteiger partial charge in [0.2, 0.25) is 5.89 Å². The molecular formula is C10H8ClN3O3. The molecule has 0 atom stereocenters. The Morgan fingerprint density at radius 3 is 2.88 bits per heavy atom. The number of hydrogen-bond acceptors (Lipinski definition) is 5. The van der Waals surface area contributed by atoms with Gasteiger partial charge in [0.05, 0.1) is 10.6 Å². The van der Waals surface area contributed by atoms with Crippen LogP contribution in [0.2, 0.25) is 5.02 Å². The maximum Gasteiger partial charge on any atom is 0.288 e. The van der Waals surface area contributed by atoms with Crippen LogP contribution in [0.5, 0.6) is 0 Å². The Balaban J connectivity index is 2.46. The molecule has 88 valence electrons. The van der Waals surface area contributed by atoms with E-state index in [1.807, 2.05) is 0 Å². The molecule has 17 heavy (non-hydrogen) atoms. The summed E-state index contributed by atoms with van der Waals surface area (Å²) in [6.45, 7) is 0.249. The van der Waals surface area contributed by atoms with Crippen molar-refractivity contribution in [3.05, 3.63) is 45.3 Å². The third-order valence-corrected chi connectivity index (χ3v) is 2.47. The van der Waals surface area contributed by atoms with E-state index in [4.69, 9.17) is 21.8 Å². The predicted molar refractivity (Wildman–Crippen MR) is 61.5 cm³/mol. The monoisotopic (exact) mass is 253 g/mol. The predicted octanol–water partition coefficient (Wildman–Crippen LogP) is 2.36. The van der Waals surface area contributed by atoms with Crippen LogP contribution in [0, 0.1) is 10.1 Å². The smallest absolute Gasteiger partial charge is 0.288 e. The van der Waals surface area contributed by atoms with E-state index >= 15 is 0 Å². The van der Waals surface area contributed by atoms with Crippen molar-refractivity contribution in [2.24, 2.45) is 5.73 Å². The van der Waals surface area contributed by atoms with Gasteiger partial charge in [0.25, 0.3) is 5.69 Å². The number of nitro groups is 1. The lowest BCUT2D eigenvalue weighted by molar-refractivity contribution is -0.384. The molecule has 0 aliphatic heterocycles. The Labute approximate surface area is 101 Å². The summed E-state index contributed by atoms with van der Waals surface area (Å²) in [7, 11) is 0. The highest BCUT2D eigenvalue weighted by atomic mass is 35.5. The lowest BCUT2D eigenvalue weighted by atomic mass is 10.2. The number of nitro benzene ring substituents is 1. The van der Waals surface area contributed by atoms with Gasteiger partial charge in [0.15, 0.2) is 0 Å². The van der Waals surface area contributed by atoms with Gasteiger partial charge in [-0.05, 0) is 12.1 Å². The molecule has 0 unspecified atom stereocenters. The van der Waals surface area contributed by atoms with E-state index in [0.717, 1.165) is 0 Å². The Morgan fingerprint density at radius 2 is 2.29 bits per heavy atom. The fourth-order valence-corrected chi connectivity index (χ4v) is 1.51. The van der Waals surface area contributed by atoms with Gasteiger partial charge in [0.1, 0.15) is 11.3 Å². The number of halogens is 1. The summed E-state index contributed by atoms with van der Waals surface area (Å²) in [5, 5.41) is 10.8. The summed E-state index contributed by atoms with van der Waals surface area (Å²) in [5.74, 6) is 0.283. The minimum atomic E-state index is -0.557. The molecule has 7 heteroatoms. The topological polar surface area (TPSA) is 95.2 Å². The average Bonchev–Trinajstić information content (AvgIpc) is 2.78. The van der Waals surface area contributed by atoms with Gasteiger partial charge in [-0.1, -0.05) is 11.6 Å². The average molecular weight is 254 g/mol. The highest BCUT2D eigenvalue weighted by molar-refractivity contribution is 6.32. The zero-order chi connectivity index (χ0) is 12.4. The first-order chi connectivity index (χ1) is 8.11. The highest BCUT2D eigenvalue weighted by Gasteiger charge is 2.15. The van der Waals surface area contributed by atoms with Crippen molar-refractivity contribution < 1.29 is 9.34 Å². The normalized spacial score (nSPS) is 10.5. The minimum Gasteiger partial charge on any atom is -0.444 e. The summed E-state index contributed by atoms with van der Waals surface area (Å²) in [5.41, 5.74) is 6.28. The van der Waals surface area contributed by atoms with Crippen molar-refractivity contribution in [2.45, 2.75) is 6.54 Å². The summed E-state index contributed by atoms with van der Waals surface area (Å²) >= 11 is 5.70. The van der Waals surface area contributed by atoms with Gasteiger partial charge in [-0.2, -0.15) is 0 Å². The minimum absolute atomic E-state index is 0.0735. The molecule has 1 aromatic heterocycles. The second-order valence-corrected chi connectivity index (χ2v) is 3.68. The van der Waals surface area contributed by atoms with Crippen LogP contribution < -0.4 is 5.73 Å². The zero-order valence-electron chi connectivity index (χ0n) is 8.59. The van der Waals surface area contributed by atoms with Crippen LogP contribution >= 0.6 is 11.6 Å². The summed E-state index contributed by atoms with van der Waals surface area (Å²) < 4.78 is 5.16. The van der Waals surface area contributed by atoms with Crippen molar-refractivity contribution in [3.8, 4) is 11.5 Å². The zero-order valence-corrected chi connectivity index (χ0v) is 9.35. The molecule has 0 radical (unpaired) electrons. The fourth-order valence-electron chi connectivity index (χ4n) is 1.32. The molecule has 6 nitrogen and oxygen atoms in total. The third-order valence-electron chi connectivity index (χ3n) is 2.15. The van der Waals surface area contributed by atoms with Gasteiger partial charge < -0.3 is 10.2 Å². The lowest BCUT2D eigenvalue weighted by Crippen LogP contribution is -1.95. The van der Waals surface area contributed by atoms with Crippen LogP contribution in [0.25, 0.3) is 11.5 Å². The van der Waals surface area contributed by atoms with Crippen LogP contribution in [0.4, 0.5) is 5.69 Å². The molecule has 0 aliphatic rings.